The molecule has 98 valence electrons. The van der Waals surface area contributed by atoms with E-state index in [1.807, 2.05) is 13.8 Å². The minimum Gasteiger partial charge on any atom is -0.476 e. The number of halogens is 1. The van der Waals surface area contributed by atoms with Gasteiger partial charge in [-0.25, -0.2) is 4.39 Å². The minimum absolute atomic E-state index is 0. The maximum absolute atomic E-state index is 13.8. The number of anilines is 1. The summed E-state index contributed by atoms with van der Waals surface area (Å²) in [5.41, 5.74) is -0.557. The number of carbonyl (C=O) groups is 1. The molecule has 0 fully saturated rings. The van der Waals surface area contributed by atoms with Crippen LogP contribution in [0.25, 0.3) is 0 Å². The molecule has 18 heavy (non-hydrogen) atoms. The predicted molar refractivity (Wildman–Crippen MR) is 72.7 cm³/mol. The first-order chi connectivity index (χ1) is 8.45. The number of carbonyl (C=O) groups excluding carboxylic acids is 1. The van der Waals surface area contributed by atoms with Crippen molar-refractivity contribution in [3.63, 3.8) is 0 Å². The number of fused-ring (bicyclic) bond motifs is 1. The molecule has 1 aliphatic heterocycles. The molecule has 1 N–H and O–H groups in total. The number of ether oxygens (including phenoxy) is 1. The fraction of sp³-hybridized carbons (Fsp3) is 0.462. The van der Waals surface area contributed by atoms with Gasteiger partial charge in [0.1, 0.15) is 11.4 Å². The number of amides is 1. The van der Waals surface area contributed by atoms with Crippen LogP contribution in [0, 0.1) is 5.82 Å². The maximum atomic E-state index is 13.8. The fourth-order valence-electron chi connectivity index (χ4n) is 1.55. The van der Waals surface area contributed by atoms with Crippen LogP contribution in [0.4, 0.5) is 10.1 Å². The third kappa shape index (κ3) is 2.50. The monoisotopic (exact) mass is 251 g/mol. The molecule has 2 rings (SSSR count). The summed E-state index contributed by atoms with van der Waals surface area (Å²) in [4.78, 5) is 11.6. The van der Waals surface area contributed by atoms with Crippen LogP contribution in [-0.4, -0.2) is 19.4 Å². The molecule has 1 aliphatic rings. The third-order valence-electron chi connectivity index (χ3n) is 2.55. The van der Waals surface area contributed by atoms with E-state index in [1.165, 1.54) is 0 Å². The zero-order chi connectivity index (χ0) is 13.9. The highest BCUT2D eigenvalue weighted by atomic mass is 19.1. The fourth-order valence-corrected chi connectivity index (χ4v) is 1.55. The number of hydrogen-bond donors (Lipinski definition) is 1. The van der Waals surface area contributed by atoms with Gasteiger partial charge in [-0.05, 0) is 25.5 Å². The van der Waals surface area contributed by atoms with Crippen LogP contribution in [0.3, 0.4) is 0 Å². The van der Waals surface area contributed by atoms with Crippen LogP contribution < -0.4 is 10.1 Å². The average Bonchev–Trinajstić information content (AvgIpc) is 2.35. The summed E-state index contributed by atoms with van der Waals surface area (Å²) < 4.78 is 19.2. The Hall–Kier alpha value is -1.52. The SMILES string of the molecule is CC.[B]Cc1ccc2c(c1F)NC(=O)C(C)(C)O2.[HH]. The first kappa shape index (κ1) is 14.5. The van der Waals surface area contributed by atoms with Crippen LogP contribution in [0.5, 0.6) is 5.75 Å². The Morgan fingerprint density at radius 2 is 2.06 bits per heavy atom. The van der Waals surface area contributed by atoms with Gasteiger partial charge in [-0.15, -0.1) is 0 Å². The lowest BCUT2D eigenvalue weighted by molar-refractivity contribution is -0.129. The van der Waals surface area contributed by atoms with E-state index in [-0.39, 0.29) is 19.3 Å². The number of hydrogen-bond acceptors (Lipinski definition) is 2. The van der Waals surface area contributed by atoms with Crippen LogP contribution >= 0.6 is 0 Å². The largest absolute Gasteiger partial charge is 0.476 e. The van der Waals surface area contributed by atoms with E-state index in [4.69, 9.17) is 12.6 Å². The van der Waals surface area contributed by atoms with Crippen molar-refractivity contribution in [1.29, 1.82) is 0 Å². The zero-order valence-corrected chi connectivity index (χ0v) is 11.1. The van der Waals surface area contributed by atoms with Crippen LogP contribution in [-0.2, 0) is 11.1 Å². The van der Waals surface area contributed by atoms with Gasteiger partial charge >= 0.3 is 0 Å². The lowest BCUT2D eigenvalue weighted by Crippen LogP contribution is -2.46. The highest BCUT2D eigenvalue weighted by Gasteiger charge is 2.36. The smallest absolute Gasteiger partial charge is 0.268 e. The summed E-state index contributed by atoms with van der Waals surface area (Å²) in [6.45, 7) is 7.25. The number of rotatable bonds is 1. The van der Waals surface area contributed by atoms with Gasteiger partial charge in [0, 0.05) is 1.43 Å². The second-order valence-electron chi connectivity index (χ2n) is 4.18. The Kier molecular flexibility index (Phi) is 4.38. The van der Waals surface area contributed by atoms with E-state index >= 15 is 0 Å². The van der Waals surface area contributed by atoms with E-state index in [2.05, 4.69) is 5.32 Å². The van der Waals surface area contributed by atoms with E-state index < -0.39 is 11.4 Å². The number of nitrogens with one attached hydrogen (secondary N) is 1. The summed E-state index contributed by atoms with van der Waals surface area (Å²) in [6, 6.07) is 3.17. The van der Waals surface area contributed by atoms with Gasteiger partial charge in [0.2, 0.25) is 0 Å². The topological polar surface area (TPSA) is 38.3 Å². The molecule has 0 atom stereocenters. The van der Waals surface area contributed by atoms with Crippen molar-refractivity contribution in [1.82, 2.24) is 0 Å². The van der Waals surface area contributed by atoms with Crippen molar-refractivity contribution < 1.29 is 15.3 Å². The molecule has 0 unspecified atom stereocenters. The van der Waals surface area contributed by atoms with E-state index in [0.29, 0.717) is 11.3 Å². The molecule has 0 aliphatic carbocycles. The van der Waals surface area contributed by atoms with Gasteiger partial charge in [0.05, 0.1) is 7.85 Å². The minimum atomic E-state index is -0.982. The van der Waals surface area contributed by atoms with E-state index in [9.17, 15) is 9.18 Å². The van der Waals surface area contributed by atoms with Gasteiger partial charge in [-0.3, -0.25) is 4.79 Å². The molecule has 5 heteroatoms. The van der Waals surface area contributed by atoms with Crippen molar-refractivity contribution in [2.45, 2.75) is 39.6 Å². The van der Waals surface area contributed by atoms with Gasteiger partial charge in [-0.2, -0.15) is 0 Å². The lowest BCUT2D eigenvalue weighted by Gasteiger charge is -2.32. The summed E-state index contributed by atoms with van der Waals surface area (Å²) in [6.07, 6.45) is 0.0817. The van der Waals surface area contributed by atoms with Crippen molar-refractivity contribution in [3.05, 3.63) is 23.5 Å². The highest BCUT2D eigenvalue weighted by molar-refractivity contribution is 6.08. The van der Waals surface area contributed by atoms with E-state index in [1.54, 1.807) is 26.0 Å². The normalized spacial score (nSPS) is 15.7. The van der Waals surface area contributed by atoms with Gasteiger partial charge < -0.3 is 10.1 Å². The third-order valence-corrected chi connectivity index (χ3v) is 2.55. The van der Waals surface area contributed by atoms with Crippen LogP contribution in [0.15, 0.2) is 12.1 Å². The standard InChI is InChI=1S/C11H11BFNO2.C2H6.H2/c1-11(2)10(15)14-9-7(16-11)4-3-6(5-12)8(9)13;1-2;/h3-4H,5H2,1-2H3,(H,14,15);1-2H3;1H. The Morgan fingerprint density at radius 3 is 2.61 bits per heavy atom. The Labute approximate surface area is 110 Å². The molecule has 0 saturated heterocycles. The number of benzene rings is 1. The van der Waals surface area contributed by atoms with Crippen LogP contribution in [0.2, 0.25) is 0 Å². The second kappa shape index (κ2) is 5.42. The van der Waals surface area contributed by atoms with Crippen LogP contribution in [0.1, 0.15) is 34.7 Å². The summed E-state index contributed by atoms with van der Waals surface area (Å²) >= 11 is 0. The molecular formula is C13H19BFNO2. The molecule has 0 bridgehead atoms. The molecule has 3 nitrogen and oxygen atoms in total. The van der Waals surface area contributed by atoms with Crippen molar-refractivity contribution >= 4 is 19.4 Å². The molecule has 1 heterocycles. The van der Waals surface area contributed by atoms with Crippen molar-refractivity contribution in [3.8, 4) is 5.75 Å². The van der Waals surface area contributed by atoms with Gasteiger partial charge in [-0.1, -0.05) is 26.2 Å². The summed E-state index contributed by atoms with van der Waals surface area (Å²) in [5, 5.41) is 2.50. The molecule has 1 aromatic carbocycles. The molecule has 0 aromatic heterocycles. The maximum Gasteiger partial charge on any atom is 0.268 e. The second-order valence-corrected chi connectivity index (χ2v) is 4.18. The Morgan fingerprint density at radius 1 is 1.44 bits per heavy atom. The van der Waals surface area contributed by atoms with Gasteiger partial charge in [0.15, 0.2) is 11.4 Å². The molecule has 0 spiro atoms. The van der Waals surface area contributed by atoms with Crippen molar-refractivity contribution in [2.75, 3.05) is 5.32 Å². The first-order valence-corrected chi connectivity index (χ1v) is 5.97. The molecule has 2 radical (unpaired) electrons. The first-order valence-electron chi connectivity index (χ1n) is 5.97. The lowest BCUT2D eigenvalue weighted by atomic mass is 9.95. The quantitative estimate of drug-likeness (QED) is 0.779. The van der Waals surface area contributed by atoms with Crippen molar-refractivity contribution in [2.24, 2.45) is 0 Å². The molecule has 1 amide bonds. The average molecular weight is 251 g/mol. The highest BCUT2D eigenvalue weighted by Crippen LogP contribution is 2.36. The summed E-state index contributed by atoms with van der Waals surface area (Å²) in [7, 11) is 5.38. The Balaban J connectivity index is 0.00000103. The van der Waals surface area contributed by atoms with E-state index in [0.717, 1.165) is 0 Å². The zero-order valence-electron chi connectivity index (χ0n) is 11.1. The predicted octanol–water partition coefficient (Wildman–Crippen LogP) is 2.88. The summed E-state index contributed by atoms with van der Waals surface area (Å²) in [5.74, 6) is -0.559. The Bertz CT molecular complexity index is 466. The molecular weight excluding hydrogens is 232 g/mol. The van der Waals surface area contributed by atoms with Gasteiger partial charge in [0.25, 0.3) is 5.91 Å². The molecule has 0 saturated carbocycles. The molecule has 1 aromatic rings.